The van der Waals surface area contributed by atoms with Gasteiger partial charge in [-0.05, 0) is 0 Å². The number of aliphatic hydroxyl groups excluding tert-OH is 1. The normalized spacial score (nSPS) is 25.6. The largest absolute Gasteiger partial charge is 0.394 e. The third-order valence-corrected chi connectivity index (χ3v) is 4.92. The summed E-state index contributed by atoms with van der Waals surface area (Å²) < 4.78 is 28.8. The monoisotopic (exact) mass is 431 g/mol. The van der Waals surface area contributed by atoms with E-state index >= 15 is 0 Å². The zero-order chi connectivity index (χ0) is 21.3. The number of nitrogens with one attached hydrogen (secondary N) is 2. The number of rotatable bonds is 7. The molecule has 0 aromatic carbocycles. The molecule has 13 nitrogen and oxygen atoms in total. The highest BCUT2D eigenvalue weighted by molar-refractivity contribution is 7.32. The smallest absolute Gasteiger partial charge is 0.317 e. The number of hydrogen-bond donors (Lipinski definition) is 4. The van der Waals surface area contributed by atoms with Crippen molar-refractivity contribution >= 4 is 31.3 Å². The first kappa shape index (κ1) is 21.6. The second-order valence-corrected chi connectivity index (χ2v) is 7.45. The molecule has 160 valence electrons. The molecule has 2 aromatic heterocycles. The van der Waals surface area contributed by atoms with E-state index < -0.39 is 45.0 Å². The van der Waals surface area contributed by atoms with Crippen molar-refractivity contribution in [2.24, 2.45) is 5.92 Å². The molecule has 29 heavy (non-hydrogen) atoms. The molecule has 14 heteroatoms. The molecule has 5 unspecified atom stereocenters. The van der Waals surface area contributed by atoms with E-state index in [9.17, 15) is 24.2 Å². The Morgan fingerprint density at radius 2 is 2.21 bits per heavy atom. The van der Waals surface area contributed by atoms with E-state index in [0.717, 1.165) is 0 Å². The zero-order valence-corrected chi connectivity index (χ0v) is 16.9. The van der Waals surface area contributed by atoms with Gasteiger partial charge in [0.25, 0.3) is 5.56 Å². The van der Waals surface area contributed by atoms with Crippen molar-refractivity contribution < 1.29 is 33.4 Å². The summed E-state index contributed by atoms with van der Waals surface area (Å²) in [5.41, 5.74) is -0.577. The lowest BCUT2D eigenvalue weighted by Gasteiger charge is -2.22. The molecule has 0 aliphatic carbocycles. The Labute approximate surface area is 165 Å². The summed E-state index contributed by atoms with van der Waals surface area (Å²) in [4.78, 5) is 44.2. The van der Waals surface area contributed by atoms with Crippen LogP contribution in [0.3, 0.4) is 0 Å². The van der Waals surface area contributed by atoms with Crippen LogP contribution in [-0.4, -0.2) is 67.5 Å². The van der Waals surface area contributed by atoms with E-state index in [-0.39, 0.29) is 28.9 Å². The first-order valence-electron chi connectivity index (χ1n) is 8.73. The number of ether oxygens (including phenoxy) is 2. The topological polar surface area (TPSA) is 178 Å². The molecule has 0 spiro atoms. The molecule has 4 N–H and O–H groups in total. The first-order chi connectivity index (χ1) is 13.8. The van der Waals surface area contributed by atoms with Crippen LogP contribution in [0.15, 0.2) is 11.1 Å². The van der Waals surface area contributed by atoms with Crippen molar-refractivity contribution in [2.75, 3.05) is 19.0 Å². The highest BCUT2D eigenvalue weighted by atomic mass is 31.1. The van der Waals surface area contributed by atoms with Crippen molar-refractivity contribution in [1.82, 2.24) is 19.5 Å². The van der Waals surface area contributed by atoms with E-state index in [1.807, 2.05) is 0 Å². The summed E-state index contributed by atoms with van der Waals surface area (Å²) in [6.45, 7) is 2.93. The van der Waals surface area contributed by atoms with Gasteiger partial charge in [-0.25, -0.2) is 4.98 Å². The molecule has 1 aliphatic heterocycles. The number of H-pyrrole nitrogens is 1. The Hall–Kier alpha value is -2.15. The minimum absolute atomic E-state index is 0.0343. The fourth-order valence-electron chi connectivity index (χ4n) is 3.04. The lowest BCUT2D eigenvalue weighted by molar-refractivity contribution is -0.118. The van der Waals surface area contributed by atoms with Crippen LogP contribution in [0.1, 0.15) is 20.1 Å². The van der Waals surface area contributed by atoms with Gasteiger partial charge in [0.2, 0.25) is 11.9 Å². The average Bonchev–Trinajstić information content (AvgIpc) is 3.22. The molecule has 2 aromatic rings. The summed E-state index contributed by atoms with van der Waals surface area (Å²) >= 11 is 0. The van der Waals surface area contributed by atoms with Gasteiger partial charge in [-0.3, -0.25) is 33.5 Å². The van der Waals surface area contributed by atoms with Gasteiger partial charge < -0.3 is 19.5 Å². The fourth-order valence-corrected chi connectivity index (χ4v) is 3.52. The predicted molar refractivity (Wildman–Crippen MR) is 99.5 cm³/mol. The Bertz CT molecular complexity index is 975. The van der Waals surface area contributed by atoms with Gasteiger partial charge in [0, 0.05) is 13.0 Å². The molecule has 3 rings (SSSR count). The second-order valence-electron chi connectivity index (χ2n) is 6.68. The number of carbonyl (C=O) groups excluding carboxylic acids is 1. The van der Waals surface area contributed by atoms with Gasteiger partial charge in [0.05, 0.1) is 12.9 Å². The highest BCUT2D eigenvalue weighted by Gasteiger charge is 2.48. The van der Waals surface area contributed by atoms with E-state index in [0.29, 0.717) is 0 Å². The Balaban J connectivity index is 2.05. The van der Waals surface area contributed by atoms with E-state index in [2.05, 4.69) is 20.3 Å². The maximum Gasteiger partial charge on any atom is 0.317 e. The van der Waals surface area contributed by atoms with Crippen molar-refractivity contribution in [2.45, 2.75) is 38.4 Å². The Morgan fingerprint density at radius 3 is 2.79 bits per heavy atom. The number of aliphatic hydroxyl groups is 1. The van der Waals surface area contributed by atoms with Crippen molar-refractivity contribution in [3.8, 4) is 0 Å². The maximum atomic E-state index is 12.3. The molecule has 1 fully saturated rings. The fraction of sp³-hybridized carbons (Fsp3) is 0.600. The van der Waals surface area contributed by atoms with Gasteiger partial charge in [-0.2, -0.15) is 4.98 Å². The summed E-state index contributed by atoms with van der Waals surface area (Å²) in [6, 6.07) is 0. The van der Waals surface area contributed by atoms with Crippen LogP contribution < -0.4 is 10.9 Å². The van der Waals surface area contributed by atoms with Crippen LogP contribution in [0.2, 0.25) is 0 Å². The van der Waals surface area contributed by atoms with Crippen molar-refractivity contribution in [1.29, 1.82) is 0 Å². The number of carbonyl (C=O) groups is 1. The van der Waals surface area contributed by atoms with Crippen LogP contribution in [0.5, 0.6) is 0 Å². The molecule has 3 heterocycles. The maximum absolute atomic E-state index is 12.3. The standard InChI is InChI=1S/C15H22N5O8P/c1-6(2)12(22)18-15-17-11-8(13(23)19-15)16-5-20(11)14-10(28-29(24)25)9(26-3)7(4-21)27-14/h5-7,9-10,14,21,29H,4H2,1-3H3,(H,24,25)(H2,17,18,19,22,23). The van der Waals surface area contributed by atoms with E-state index in [1.54, 1.807) is 13.8 Å². The number of nitrogens with zero attached hydrogens (tertiary/aromatic N) is 3. The lowest BCUT2D eigenvalue weighted by Crippen LogP contribution is -2.36. The second kappa shape index (κ2) is 8.69. The van der Waals surface area contributed by atoms with Gasteiger partial charge in [-0.15, -0.1) is 0 Å². The number of amides is 1. The summed E-state index contributed by atoms with van der Waals surface area (Å²) in [6.07, 6.45) is -2.60. The number of fused-ring (bicyclic) bond motifs is 1. The number of hydrogen-bond acceptors (Lipinski definition) is 9. The van der Waals surface area contributed by atoms with Crippen LogP contribution in [0.4, 0.5) is 5.95 Å². The Morgan fingerprint density at radius 1 is 1.48 bits per heavy atom. The van der Waals surface area contributed by atoms with Gasteiger partial charge in [-0.1, -0.05) is 13.8 Å². The summed E-state index contributed by atoms with van der Waals surface area (Å²) in [5.74, 6) is -0.779. The zero-order valence-electron chi connectivity index (χ0n) is 15.9. The number of anilines is 1. The number of imidazole rings is 1. The van der Waals surface area contributed by atoms with Crippen LogP contribution in [-0.2, 0) is 23.4 Å². The predicted octanol–water partition coefficient (Wildman–Crippen LogP) is -0.614. The number of aromatic amines is 1. The molecule has 1 amide bonds. The molecular formula is C15H22N5O8P. The third kappa shape index (κ3) is 4.25. The molecule has 0 radical (unpaired) electrons. The van der Waals surface area contributed by atoms with Crippen molar-refractivity contribution in [3.63, 3.8) is 0 Å². The van der Waals surface area contributed by atoms with Crippen LogP contribution in [0.25, 0.3) is 11.2 Å². The van der Waals surface area contributed by atoms with E-state index in [1.165, 1.54) is 18.0 Å². The SMILES string of the molecule is COC1C(CO)OC(n2cnc3c(=O)[nH]c(NC(=O)C(C)C)nc32)C1O[PH](=O)O. The molecule has 1 aliphatic rings. The highest BCUT2D eigenvalue weighted by Crippen LogP contribution is 2.38. The minimum Gasteiger partial charge on any atom is -0.394 e. The first-order valence-corrected chi connectivity index (χ1v) is 9.99. The summed E-state index contributed by atoms with van der Waals surface area (Å²) in [5, 5.41) is 12.0. The van der Waals surface area contributed by atoms with Crippen molar-refractivity contribution in [3.05, 3.63) is 16.7 Å². The summed E-state index contributed by atoms with van der Waals surface area (Å²) in [7, 11) is -2.03. The molecule has 5 atom stereocenters. The van der Waals surface area contributed by atoms with E-state index in [4.69, 9.17) is 14.0 Å². The lowest BCUT2D eigenvalue weighted by atomic mass is 10.1. The van der Waals surface area contributed by atoms with Crippen LogP contribution >= 0.6 is 8.25 Å². The molecule has 0 bridgehead atoms. The van der Waals surface area contributed by atoms with Gasteiger partial charge in [0.15, 0.2) is 17.4 Å². The third-order valence-electron chi connectivity index (χ3n) is 4.45. The molecule has 0 saturated carbocycles. The molecular weight excluding hydrogens is 409 g/mol. The minimum atomic E-state index is -3.38. The van der Waals surface area contributed by atoms with Gasteiger partial charge >= 0.3 is 8.25 Å². The average molecular weight is 431 g/mol. The van der Waals surface area contributed by atoms with Crippen LogP contribution in [0, 0.1) is 5.92 Å². The quantitative estimate of drug-likeness (QED) is 0.413. The molecule has 1 saturated heterocycles. The van der Waals surface area contributed by atoms with Gasteiger partial charge in [0.1, 0.15) is 18.3 Å². The number of methoxy groups -OCH3 is 1. The number of aromatic nitrogens is 4. The Kier molecular flexibility index (Phi) is 6.46.